The van der Waals surface area contributed by atoms with Gasteiger partial charge in [0.15, 0.2) is 16.6 Å². The lowest BCUT2D eigenvalue weighted by molar-refractivity contribution is 0.112. The number of carbonyl (C=O) groups excluding carboxylic acids is 1. The Balaban J connectivity index is 0.000000220. The Kier molecular flexibility index (Phi) is 7.57. The summed E-state index contributed by atoms with van der Waals surface area (Å²) in [6.07, 6.45) is 7.30. The molecule has 0 aliphatic carbocycles. The lowest BCUT2D eigenvalue weighted by atomic mass is 10.3. The van der Waals surface area contributed by atoms with E-state index in [0.29, 0.717) is 33.5 Å². The maximum absolute atomic E-state index is 10.3. The van der Waals surface area contributed by atoms with Crippen LogP contribution in [0.25, 0.3) is 0 Å². The molecule has 0 aromatic carbocycles. The van der Waals surface area contributed by atoms with Crippen LogP contribution in [0.4, 0.5) is 11.6 Å². The number of nitrogen functional groups attached to an aromatic ring is 2. The number of anilines is 2. The number of nitrogens with two attached hydrogens (primary N) is 2. The van der Waals surface area contributed by atoms with Crippen LogP contribution in [0.2, 0.25) is 0 Å². The SMILES string of the molecule is CSc1ncc(C=O)c(N)n1.CSc1ncc(CO)c(N)n1. The zero-order valence-corrected chi connectivity index (χ0v) is 13.7. The van der Waals surface area contributed by atoms with E-state index in [2.05, 4.69) is 19.9 Å². The second kappa shape index (κ2) is 9.18. The van der Waals surface area contributed by atoms with Gasteiger partial charge < -0.3 is 16.6 Å². The Morgan fingerprint density at radius 2 is 1.64 bits per heavy atom. The van der Waals surface area contributed by atoms with Crippen molar-refractivity contribution in [1.29, 1.82) is 0 Å². The minimum absolute atomic E-state index is 0.111. The van der Waals surface area contributed by atoms with Gasteiger partial charge in [-0.15, -0.1) is 0 Å². The smallest absolute Gasteiger partial charge is 0.189 e. The number of aromatic nitrogens is 4. The van der Waals surface area contributed by atoms with Crippen molar-refractivity contribution < 1.29 is 9.90 Å². The number of nitrogens with zero attached hydrogens (tertiary/aromatic N) is 4. The molecule has 5 N–H and O–H groups in total. The van der Waals surface area contributed by atoms with E-state index in [9.17, 15) is 4.79 Å². The van der Waals surface area contributed by atoms with E-state index >= 15 is 0 Å². The summed E-state index contributed by atoms with van der Waals surface area (Å²) in [6, 6.07) is 0. The molecule has 0 radical (unpaired) electrons. The minimum atomic E-state index is -0.111. The second-order valence-corrected chi connectivity index (χ2v) is 5.29. The number of aliphatic hydroxyl groups is 1. The highest BCUT2D eigenvalue weighted by molar-refractivity contribution is 7.98. The van der Waals surface area contributed by atoms with E-state index < -0.39 is 0 Å². The molecule has 0 spiro atoms. The Hall–Kier alpha value is -1.91. The van der Waals surface area contributed by atoms with Crippen molar-refractivity contribution in [2.75, 3.05) is 24.0 Å². The summed E-state index contributed by atoms with van der Waals surface area (Å²) in [5.41, 5.74) is 11.8. The van der Waals surface area contributed by atoms with Gasteiger partial charge in [0.2, 0.25) is 0 Å². The maximum Gasteiger partial charge on any atom is 0.189 e. The normalized spacial score (nSPS) is 9.77. The molecule has 0 aliphatic rings. The van der Waals surface area contributed by atoms with Crippen LogP contribution in [0.1, 0.15) is 15.9 Å². The van der Waals surface area contributed by atoms with Gasteiger partial charge in [0.25, 0.3) is 0 Å². The molecule has 0 fully saturated rings. The molecule has 118 valence electrons. The highest BCUT2D eigenvalue weighted by Crippen LogP contribution is 2.13. The Bertz CT molecular complexity index is 641. The zero-order valence-electron chi connectivity index (χ0n) is 12.1. The van der Waals surface area contributed by atoms with Crippen molar-refractivity contribution in [3.8, 4) is 0 Å². The third kappa shape index (κ3) is 5.13. The zero-order chi connectivity index (χ0) is 16.5. The topological polar surface area (TPSA) is 141 Å². The Morgan fingerprint density at radius 3 is 2.05 bits per heavy atom. The van der Waals surface area contributed by atoms with Crippen molar-refractivity contribution in [3.63, 3.8) is 0 Å². The number of aldehydes is 1. The summed E-state index contributed by atoms with van der Waals surface area (Å²) in [6.45, 7) is -0.111. The number of aliphatic hydroxyl groups excluding tert-OH is 1. The van der Waals surface area contributed by atoms with Crippen LogP contribution < -0.4 is 11.5 Å². The average molecular weight is 340 g/mol. The Morgan fingerprint density at radius 1 is 1.09 bits per heavy atom. The van der Waals surface area contributed by atoms with Gasteiger partial charge in [-0.2, -0.15) is 0 Å². The van der Waals surface area contributed by atoms with Gasteiger partial charge in [-0.1, -0.05) is 23.5 Å². The second-order valence-electron chi connectivity index (χ2n) is 3.74. The molecule has 0 bridgehead atoms. The molecule has 0 aliphatic heterocycles. The lowest BCUT2D eigenvalue weighted by Gasteiger charge is -2.00. The van der Waals surface area contributed by atoms with Crippen molar-refractivity contribution >= 4 is 41.4 Å². The molecule has 2 aromatic heterocycles. The summed E-state index contributed by atoms with van der Waals surface area (Å²) in [5, 5.41) is 9.92. The summed E-state index contributed by atoms with van der Waals surface area (Å²) in [5.74, 6) is 0.589. The third-order valence-electron chi connectivity index (χ3n) is 2.36. The molecule has 10 heteroatoms. The van der Waals surface area contributed by atoms with Crippen LogP contribution in [0.5, 0.6) is 0 Å². The van der Waals surface area contributed by atoms with E-state index in [-0.39, 0.29) is 12.4 Å². The first-order valence-corrected chi connectivity index (χ1v) is 8.38. The fourth-order valence-electron chi connectivity index (χ4n) is 1.20. The first-order valence-electron chi connectivity index (χ1n) is 5.93. The van der Waals surface area contributed by atoms with Crippen LogP contribution in [-0.4, -0.2) is 43.8 Å². The molecule has 0 saturated heterocycles. The fourth-order valence-corrected chi connectivity index (χ4v) is 1.90. The van der Waals surface area contributed by atoms with Crippen LogP contribution >= 0.6 is 23.5 Å². The van der Waals surface area contributed by atoms with Crippen LogP contribution in [0, 0.1) is 0 Å². The van der Waals surface area contributed by atoms with Gasteiger partial charge in [-0.3, -0.25) is 4.79 Å². The Labute approximate surface area is 136 Å². The van der Waals surface area contributed by atoms with Gasteiger partial charge in [0, 0.05) is 18.0 Å². The monoisotopic (exact) mass is 340 g/mol. The molecule has 0 saturated carbocycles. The van der Waals surface area contributed by atoms with Gasteiger partial charge in [0.1, 0.15) is 11.6 Å². The average Bonchev–Trinajstić information content (AvgIpc) is 2.55. The van der Waals surface area contributed by atoms with E-state index in [0.717, 1.165) is 0 Å². The van der Waals surface area contributed by atoms with Crippen molar-refractivity contribution in [1.82, 2.24) is 19.9 Å². The predicted molar refractivity (Wildman–Crippen MR) is 87.8 cm³/mol. The summed E-state index contributed by atoms with van der Waals surface area (Å²) in [7, 11) is 0. The quantitative estimate of drug-likeness (QED) is 0.417. The number of rotatable bonds is 4. The van der Waals surface area contributed by atoms with E-state index in [1.165, 1.54) is 35.9 Å². The van der Waals surface area contributed by atoms with Gasteiger partial charge in [-0.05, 0) is 12.5 Å². The van der Waals surface area contributed by atoms with Crippen molar-refractivity contribution in [3.05, 3.63) is 23.5 Å². The highest BCUT2D eigenvalue weighted by atomic mass is 32.2. The molecule has 2 aromatic rings. The molecular weight excluding hydrogens is 324 g/mol. The van der Waals surface area contributed by atoms with Crippen LogP contribution in [0.15, 0.2) is 22.7 Å². The molecule has 22 heavy (non-hydrogen) atoms. The van der Waals surface area contributed by atoms with Crippen LogP contribution in [-0.2, 0) is 6.61 Å². The molecule has 0 atom stereocenters. The van der Waals surface area contributed by atoms with E-state index in [1.54, 1.807) is 0 Å². The molecule has 8 nitrogen and oxygen atoms in total. The minimum Gasteiger partial charge on any atom is -0.391 e. The molecular formula is C12H16N6O2S2. The first kappa shape index (κ1) is 18.1. The molecule has 2 heterocycles. The summed E-state index contributed by atoms with van der Waals surface area (Å²) in [4.78, 5) is 25.9. The van der Waals surface area contributed by atoms with Crippen LogP contribution in [0.3, 0.4) is 0 Å². The molecule has 0 amide bonds. The number of thioether (sulfide) groups is 2. The van der Waals surface area contributed by atoms with Gasteiger partial charge >= 0.3 is 0 Å². The molecule has 0 unspecified atom stereocenters. The predicted octanol–water partition coefficient (Wildman–Crippen LogP) is 0.866. The summed E-state index contributed by atoms with van der Waals surface area (Å²) >= 11 is 2.80. The van der Waals surface area contributed by atoms with E-state index in [4.69, 9.17) is 16.6 Å². The number of hydrogen-bond acceptors (Lipinski definition) is 10. The standard InChI is InChI=1S/C6H9N3OS.C6H7N3OS/c2*1-11-6-8-2-4(3-10)5(7)9-6/h2,10H,3H2,1H3,(H2,7,8,9);2-3H,1H3,(H2,7,8,9). The maximum atomic E-state index is 10.3. The lowest BCUT2D eigenvalue weighted by Crippen LogP contribution is -2.00. The molecule has 2 rings (SSSR count). The van der Waals surface area contributed by atoms with Crippen molar-refractivity contribution in [2.24, 2.45) is 0 Å². The van der Waals surface area contributed by atoms with Crippen molar-refractivity contribution in [2.45, 2.75) is 16.9 Å². The number of carbonyl (C=O) groups is 1. The highest BCUT2D eigenvalue weighted by Gasteiger charge is 2.01. The van der Waals surface area contributed by atoms with Gasteiger partial charge in [0.05, 0.1) is 12.2 Å². The number of hydrogen-bond donors (Lipinski definition) is 3. The van der Waals surface area contributed by atoms with E-state index in [1.807, 2.05) is 12.5 Å². The first-order chi connectivity index (χ1) is 10.5. The fraction of sp³-hybridized carbons (Fsp3) is 0.250. The largest absolute Gasteiger partial charge is 0.391 e. The summed E-state index contributed by atoms with van der Waals surface area (Å²) < 4.78 is 0. The third-order valence-corrected chi connectivity index (χ3v) is 3.49. The van der Waals surface area contributed by atoms with Gasteiger partial charge in [-0.25, -0.2) is 19.9 Å².